The van der Waals surface area contributed by atoms with Crippen LogP contribution in [0, 0.1) is 0 Å². The molecule has 0 aliphatic rings. The molecule has 0 fully saturated rings. The first kappa shape index (κ1) is 22.6. The number of aryl methyl sites for hydroxylation is 1. The van der Waals surface area contributed by atoms with Crippen LogP contribution in [0.4, 0.5) is 0 Å². The summed E-state index contributed by atoms with van der Waals surface area (Å²) in [6.07, 6.45) is 10.4. The molecule has 126 valence electrons. The Morgan fingerprint density at radius 1 is 1.09 bits per heavy atom. The minimum atomic E-state index is -0.266. The number of hydrogen-bond donors (Lipinski definition) is 1. The van der Waals surface area contributed by atoms with E-state index >= 15 is 0 Å². The first-order chi connectivity index (χ1) is 10.7. The van der Waals surface area contributed by atoms with Gasteiger partial charge >= 0.3 is 35.5 Å². The fourth-order valence-electron chi connectivity index (χ4n) is 2.66. The van der Waals surface area contributed by atoms with Crippen LogP contribution in [0.15, 0.2) is 18.2 Å². The Labute approximate surface area is 163 Å². The molecule has 0 saturated heterocycles. The van der Waals surface area contributed by atoms with E-state index in [-0.39, 0.29) is 35.5 Å². The molecule has 3 nitrogen and oxygen atoms in total. The molecule has 0 aliphatic carbocycles. The fraction of sp³-hybridized carbons (Fsp3) is 0.632. The molecule has 0 saturated carbocycles. The van der Waals surface area contributed by atoms with E-state index in [1.807, 2.05) is 13.1 Å². The second-order valence-electron chi connectivity index (χ2n) is 5.94. The van der Waals surface area contributed by atoms with Crippen LogP contribution in [0.3, 0.4) is 0 Å². The summed E-state index contributed by atoms with van der Waals surface area (Å²) in [7, 11) is 1.90. The third-order valence-electron chi connectivity index (χ3n) is 3.81. The molecule has 0 atom stereocenters. The van der Waals surface area contributed by atoms with Crippen LogP contribution in [-0.2, 0) is 17.8 Å². The molecule has 0 heterocycles. The molecule has 1 N–H and O–H groups in total. The van der Waals surface area contributed by atoms with Crippen LogP contribution in [0.1, 0.15) is 69.9 Å². The zero-order valence-corrected chi connectivity index (χ0v) is 14.4. The van der Waals surface area contributed by atoms with Gasteiger partial charge in [-0.3, -0.25) is 4.79 Å². The fourth-order valence-corrected chi connectivity index (χ4v) is 2.66. The first-order valence-electron chi connectivity index (χ1n) is 8.62. The Morgan fingerprint density at radius 2 is 1.74 bits per heavy atom. The van der Waals surface area contributed by atoms with E-state index < -0.39 is 0 Å². The van der Waals surface area contributed by atoms with Crippen molar-refractivity contribution in [3.05, 3.63) is 29.3 Å². The molecule has 1 aromatic rings. The maximum atomic E-state index is 11.1. The van der Waals surface area contributed by atoms with E-state index in [0.717, 1.165) is 12.0 Å². The predicted molar refractivity (Wildman–Crippen MR) is 99.4 cm³/mol. The van der Waals surface area contributed by atoms with Gasteiger partial charge in [0.25, 0.3) is 0 Å². The van der Waals surface area contributed by atoms with Crippen LogP contribution in [0.25, 0.3) is 0 Å². The summed E-state index contributed by atoms with van der Waals surface area (Å²) in [6, 6.07) is 6.16. The zero-order chi connectivity index (χ0) is 16.2. The Bertz CT molecular complexity index is 449. The molecule has 1 rings (SSSR count). The second-order valence-corrected chi connectivity index (χ2v) is 5.94. The van der Waals surface area contributed by atoms with Crippen molar-refractivity contribution in [3.8, 4) is 5.75 Å². The topological polar surface area (TPSA) is 38.3 Å². The molecule has 0 aliphatic heterocycles. The normalized spacial score (nSPS) is 10.2. The first-order valence-corrected chi connectivity index (χ1v) is 8.62. The van der Waals surface area contributed by atoms with Gasteiger partial charge in [-0.2, -0.15) is 0 Å². The van der Waals surface area contributed by atoms with Gasteiger partial charge in [0.1, 0.15) is 5.75 Å². The quantitative estimate of drug-likeness (QED) is 0.289. The monoisotopic (exact) mass is 329 g/mol. The number of carbonyl (C=O) groups excluding carboxylic acids is 1. The van der Waals surface area contributed by atoms with E-state index in [9.17, 15) is 4.79 Å². The maximum absolute atomic E-state index is 11.1. The number of rotatable bonds is 11. The second kappa shape index (κ2) is 14.0. The molecular weight excluding hydrogens is 297 g/mol. The molecule has 0 spiro atoms. The number of hydrogen-bond acceptors (Lipinski definition) is 3. The van der Waals surface area contributed by atoms with E-state index in [4.69, 9.17) is 4.74 Å². The van der Waals surface area contributed by atoms with Crippen LogP contribution in [-0.4, -0.2) is 42.6 Å². The number of nitrogens with one attached hydrogen (secondary N) is 1. The SMILES string of the molecule is CCCCCCCCCc1ccc(OC(C)=O)c(CNC)c1.[NaH]. The summed E-state index contributed by atoms with van der Waals surface area (Å²) in [4.78, 5) is 11.1. The Morgan fingerprint density at radius 3 is 2.35 bits per heavy atom. The van der Waals surface area contributed by atoms with E-state index in [2.05, 4.69) is 24.4 Å². The predicted octanol–water partition coefficient (Wildman–Crippen LogP) is 3.98. The van der Waals surface area contributed by atoms with Crippen molar-refractivity contribution < 1.29 is 9.53 Å². The van der Waals surface area contributed by atoms with Crippen LogP contribution in [0.5, 0.6) is 5.75 Å². The zero-order valence-electron chi connectivity index (χ0n) is 14.4. The van der Waals surface area contributed by atoms with Gasteiger partial charge in [0.05, 0.1) is 0 Å². The summed E-state index contributed by atoms with van der Waals surface area (Å²) >= 11 is 0. The molecule has 1 aromatic carbocycles. The van der Waals surface area contributed by atoms with Gasteiger partial charge < -0.3 is 10.1 Å². The van der Waals surface area contributed by atoms with Crippen LogP contribution >= 0.6 is 0 Å². The van der Waals surface area contributed by atoms with Crippen molar-refractivity contribution in [2.24, 2.45) is 0 Å². The molecule has 0 aromatic heterocycles. The molecule has 4 heteroatoms. The molecular formula is C19H32NNaO2. The number of ether oxygens (including phenoxy) is 1. The average Bonchev–Trinajstić information content (AvgIpc) is 2.48. The average molecular weight is 329 g/mol. The Kier molecular flexibility index (Phi) is 13.8. The van der Waals surface area contributed by atoms with Gasteiger partial charge in [0, 0.05) is 19.0 Å². The summed E-state index contributed by atoms with van der Waals surface area (Å²) in [5.41, 5.74) is 2.38. The number of carbonyl (C=O) groups is 1. The van der Waals surface area contributed by atoms with Gasteiger partial charge in [0.2, 0.25) is 0 Å². The van der Waals surface area contributed by atoms with Gasteiger partial charge in [-0.25, -0.2) is 0 Å². The Hall–Kier alpha value is -0.350. The third kappa shape index (κ3) is 10.2. The van der Waals surface area contributed by atoms with Gasteiger partial charge in [0.15, 0.2) is 0 Å². The standard InChI is InChI=1S/C19H31NO2.Na.H/c1-4-5-6-7-8-9-10-11-17-12-13-19(22-16(2)21)18(14-17)15-20-3;;/h12-14,20H,4-11,15H2,1-3H3;;. The molecule has 0 unspecified atom stereocenters. The van der Waals surface area contributed by atoms with Gasteiger partial charge in [-0.15, -0.1) is 0 Å². The van der Waals surface area contributed by atoms with Crippen molar-refractivity contribution in [1.29, 1.82) is 0 Å². The van der Waals surface area contributed by atoms with Crippen molar-refractivity contribution in [2.75, 3.05) is 7.05 Å². The van der Waals surface area contributed by atoms with Gasteiger partial charge in [-0.1, -0.05) is 57.6 Å². The molecule has 0 amide bonds. The number of benzene rings is 1. The van der Waals surface area contributed by atoms with Crippen LogP contribution in [0.2, 0.25) is 0 Å². The van der Waals surface area contributed by atoms with E-state index in [1.54, 1.807) is 0 Å². The number of unbranched alkanes of at least 4 members (excludes halogenated alkanes) is 6. The van der Waals surface area contributed by atoms with Crippen molar-refractivity contribution in [2.45, 2.75) is 71.8 Å². The van der Waals surface area contributed by atoms with Crippen molar-refractivity contribution in [3.63, 3.8) is 0 Å². The van der Waals surface area contributed by atoms with E-state index in [1.165, 1.54) is 57.4 Å². The van der Waals surface area contributed by atoms with Crippen LogP contribution < -0.4 is 10.1 Å². The van der Waals surface area contributed by atoms with E-state index in [0.29, 0.717) is 12.3 Å². The van der Waals surface area contributed by atoms with Gasteiger partial charge in [-0.05, 0) is 31.5 Å². The molecule has 0 radical (unpaired) electrons. The summed E-state index contributed by atoms with van der Waals surface area (Å²) in [6.45, 7) is 4.41. The summed E-state index contributed by atoms with van der Waals surface area (Å²) in [5.74, 6) is 0.405. The molecule has 23 heavy (non-hydrogen) atoms. The Balaban J connectivity index is 0.00000484. The minimum absolute atomic E-state index is 0. The molecule has 0 bridgehead atoms. The summed E-state index contributed by atoms with van der Waals surface area (Å²) in [5, 5.41) is 3.13. The third-order valence-corrected chi connectivity index (χ3v) is 3.81. The van der Waals surface area contributed by atoms with Crippen molar-refractivity contribution in [1.82, 2.24) is 5.32 Å². The number of esters is 1. The summed E-state index contributed by atoms with van der Waals surface area (Å²) < 4.78 is 5.25. The van der Waals surface area contributed by atoms with Crippen molar-refractivity contribution >= 4 is 35.5 Å².